The van der Waals surface area contributed by atoms with E-state index >= 15 is 0 Å². The number of aliphatic carboxylic acids is 3. The molecule has 5 radical (unpaired) electrons. The average molecular weight is 769 g/mol. The van der Waals surface area contributed by atoms with Gasteiger partial charge in [-0.2, -0.15) is 0 Å². The molecule has 0 saturated carbocycles. The van der Waals surface area contributed by atoms with Gasteiger partial charge in [-0.3, -0.25) is 9.79 Å². The number of rotatable bonds is 7. The van der Waals surface area contributed by atoms with Crippen LogP contribution in [0.4, 0.5) is 0 Å². The number of methoxy groups -OCH3 is 1. The largest absolute Gasteiger partial charge is 0.595 e. The molecule has 12 nitrogen and oxygen atoms in total. The molecule has 1 N–H and O–H groups in total. The van der Waals surface area contributed by atoms with Gasteiger partial charge in [-0.25, -0.2) is 4.79 Å². The first-order valence-corrected chi connectivity index (χ1v) is 11.7. The zero-order valence-corrected chi connectivity index (χ0v) is 28.0. The van der Waals surface area contributed by atoms with Gasteiger partial charge in [-0.05, 0) is 38.0 Å². The van der Waals surface area contributed by atoms with Crippen LogP contribution in [0.3, 0.4) is 0 Å². The summed E-state index contributed by atoms with van der Waals surface area (Å²) in [5.74, 6) is -2.24. The Morgan fingerprint density at radius 2 is 1.46 bits per heavy atom. The van der Waals surface area contributed by atoms with Crippen molar-refractivity contribution in [2.45, 2.75) is 66.2 Å². The van der Waals surface area contributed by atoms with Crippen LogP contribution in [0.15, 0.2) is 65.0 Å². The van der Waals surface area contributed by atoms with Crippen LogP contribution < -0.4 is 15.3 Å². The van der Waals surface area contributed by atoms with Crippen molar-refractivity contribution in [3.05, 3.63) is 71.5 Å². The second-order valence-electron chi connectivity index (χ2n) is 8.69. The summed E-state index contributed by atoms with van der Waals surface area (Å²) in [5, 5.41) is 37.3. The fourth-order valence-corrected chi connectivity index (χ4v) is 2.34. The molecule has 0 aliphatic heterocycles. The van der Waals surface area contributed by atoms with E-state index in [0.717, 1.165) is 32.3 Å². The van der Waals surface area contributed by atoms with Crippen LogP contribution in [0.25, 0.3) is 0 Å². The number of carboxylic acids is 3. The molecule has 41 heavy (non-hydrogen) atoms. The van der Waals surface area contributed by atoms with Gasteiger partial charge in [0, 0.05) is 57.7 Å². The standard InChI is InChI=1S/C22H26NO5.3C2H4O2.Pb/c1-22(2,3)28-21(25)23-19(14-16-10-12-18(26-4)13-11-16)20(24)27-15-17-8-6-5-7-9-17;3*1-2(3)4;/h5-12,19H,14-15H2,1-4H3,(H,23,25);3*1H3,(H,3,4);/p-3/t19-;;;;/m0..../s1. The quantitative estimate of drug-likeness (QED) is 0.130. The van der Waals surface area contributed by atoms with Gasteiger partial charge in [-0.1, -0.05) is 62.9 Å². The average Bonchev–Trinajstić information content (AvgIpc) is 2.81. The summed E-state index contributed by atoms with van der Waals surface area (Å²) in [5.41, 5.74) is 3.10. The van der Waals surface area contributed by atoms with Gasteiger partial charge >= 0.3 is 5.97 Å². The van der Waals surface area contributed by atoms with Crippen LogP contribution >= 0.6 is 0 Å². The Balaban J connectivity index is -0.000000940. The SMILES string of the molecule is CC(=O)O.CC(=O)[O-].CC(=O)[O-].COC1=C=C[C](C[C@H](N=C([O-])OC(C)(C)C)C(=O)OCc2ccccc2)C=C1.[Pb]. The van der Waals surface area contributed by atoms with Crippen molar-refractivity contribution >= 4 is 57.3 Å². The number of nitrogens with zero attached hydrogens (tertiary/aromatic N) is 1. The maximum absolute atomic E-state index is 12.6. The molecule has 1 atom stereocenters. The number of ether oxygens (including phenoxy) is 3. The third kappa shape index (κ3) is 29.2. The normalized spacial score (nSPS) is 12.6. The van der Waals surface area contributed by atoms with Crippen LogP contribution in [-0.4, -0.2) is 81.1 Å². The first-order valence-electron chi connectivity index (χ1n) is 11.7. The third-order valence-corrected chi connectivity index (χ3v) is 3.65. The fraction of sp³-hybridized carbons (Fsp3) is 0.393. The minimum atomic E-state index is -1.08. The van der Waals surface area contributed by atoms with Crippen LogP contribution in [-0.2, 0) is 40.0 Å². The van der Waals surface area contributed by atoms with Crippen molar-refractivity contribution in [3.8, 4) is 0 Å². The van der Waals surface area contributed by atoms with Gasteiger partial charge < -0.3 is 44.2 Å². The zero-order chi connectivity index (χ0) is 31.3. The molecule has 2 rings (SSSR count). The van der Waals surface area contributed by atoms with E-state index in [1.807, 2.05) is 30.3 Å². The van der Waals surface area contributed by atoms with E-state index in [2.05, 4.69) is 10.7 Å². The van der Waals surface area contributed by atoms with Crippen LogP contribution in [0.2, 0.25) is 0 Å². The zero-order valence-electron chi connectivity index (χ0n) is 24.1. The fourth-order valence-electron chi connectivity index (χ4n) is 2.34. The molecule has 1 aromatic carbocycles. The van der Waals surface area contributed by atoms with E-state index in [0.29, 0.717) is 5.76 Å². The molecule has 0 unspecified atom stereocenters. The Hall–Kier alpha value is -3.65. The maximum Gasteiger partial charge on any atom is 0.331 e. The molecular formula is C28H35NO11Pb-3. The molecule has 0 fully saturated rings. The number of carbonyl (C=O) groups excluding carboxylic acids is 3. The summed E-state index contributed by atoms with van der Waals surface area (Å²) in [6, 6.07) is 8.29. The maximum atomic E-state index is 12.6. The molecular weight excluding hydrogens is 734 g/mol. The second kappa shape index (κ2) is 23.1. The molecule has 1 aliphatic carbocycles. The number of esters is 1. The minimum absolute atomic E-state index is 0. The first kappa shape index (κ1) is 41.8. The summed E-state index contributed by atoms with van der Waals surface area (Å²) >= 11 is 0. The van der Waals surface area contributed by atoms with Crippen molar-refractivity contribution in [2.75, 3.05) is 7.11 Å². The number of allylic oxidation sites excluding steroid dienone is 2. The van der Waals surface area contributed by atoms with Gasteiger partial charge in [0.1, 0.15) is 12.7 Å². The molecule has 1 aliphatic rings. The number of hydrogen-bond acceptors (Lipinski definition) is 11. The number of benzene rings is 1. The number of carbonyl (C=O) groups is 4. The smallest absolute Gasteiger partial charge is 0.331 e. The van der Waals surface area contributed by atoms with Gasteiger partial charge in [0.2, 0.25) is 0 Å². The number of hydrogen-bond donors (Lipinski definition) is 1. The molecule has 13 heteroatoms. The predicted octanol–water partition coefficient (Wildman–Crippen LogP) is 0.0721. The minimum Gasteiger partial charge on any atom is -0.595 e. The third-order valence-electron chi connectivity index (χ3n) is 3.65. The van der Waals surface area contributed by atoms with Gasteiger partial charge in [-0.15, -0.1) is 0 Å². The number of aliphatic imine (C=N–C) groups is 1. The summed E-state index contributed by atoms with van der Waals surface area (Å²) < 4.78 is 15.7. The Morgan fingerprint density at radius 1 is 0.976 bits per heavy atom. The van der Waals surface area contributed by atoms with Gasteiger partial charge in [0.15, 0.2) is 11.8 Å². The summed E-state index contributed by atoms with van der Waals surface area (Å²) in [7, 11) is 1.55. The van der Waals surface area contributed by atoms with E-state index in [1.54, 1.807) is 46.1 Å². The van der Waals surface area contributed by atoms with E-state index in [4.69, 9.17) is 43.9 Å². The molecule has 0 aromatic heterocycles. The molecule has 0 spiro atoms. The van der Waals surface area contributed by atoms with Crippen molar-refractivity contribution in [2.24, 2.45) is 4.99 Å². The van der Waals surface area contributed by atoms with Crippen LogP contribution in [0.1, 0.15) is 53.5 Å². The molecule has 0 heterocycles. The van der Waals surface area contributed by atoms with E-state index in [9.17, 15) is 9.90 Å². The molecule has 0 amide bonds. The topological polar surface area (TPSA) is 198 Å². The van der Waals surface area contributed by atoms with Crippen molar-refractivity contribution < 1.29 is 53.8 Å². The van der Waals surface area contributed by atoms with Crippen molar-refractivity contribution in [3.63, 3.8) is 0 Å². The molecule has 0 bridgehead atoms. The van der Waals surface area contributed by atoms with Crippen molar-refractivity contribution in [1.29, 1.82) is 0 Å². The van der Waals surface area contributed by atoms with Crippen LogP contribution in [0, 0.1) is 5.92 Å². The monoisotopic (exact) mass is 769 g/mol. The predicted molar refractivity (Wildman–Crippen MR) is 144 cm³/mol. The first-order chi connectivity index (χ1) is 18.5. The molecule has 225 valence electrons. The van der Waals surface area contributed by atoms with Gasteiger partial charge in [0.25, 0.3) is 5.97 Å². The Bertz CT molecular complexity index is 1030. The Morgan fingerprint density at radius 3 is 1.85 bits per heavy atom. The van der Waals surface area contributed by atoms with Gasteiger partial charge in [0.05, 0.1) is 7.11 Å². The van der Waals surface area contributed by atoms with E-state index in [1.165, 1.54) is 0 Å². The van der Waals surface area contributed by atoms with Crippen molar-refractivity contribution in [1.82, 2.24) is 0 Å². The summed E-state index contributed by atoms with van der Waals surface area (Å²) in [4.78, 5) is 43.3. The van der Waals surface area contributed by atoms with Crippen LogP contribution in [0.5, 0.6) is 0 Å². The Labute approximate surface area is 260 Å². The molecule has 1 aromatic rings. The molecule has 0 saturated heterocycles. The number of carboxylic acid groups (broad SMARTS) is 3. The summed E-state index contributed by atoms with van der Waals surface area (Å²) in [6.07, 6.45) is 4.60. The van der Waals surface area contributed by atoms with E-state index in [-0.39, 0.29) is 40.3 Å². The second-order valence-corrected chi connectivity index (χ2v) is 8.69. The summed E-state index contributed by atoms with van der Waals surface area (Å²) in [6.45, 7) is 8.35. The Kier molecular flexibility index (Phi) is 23.6. The van der Waals surface area contributed by atoms with E-state index < -0.39 is 41.6 Å².